The third-order valence-electron chi connectivity index (χ3n) is 3.78. The van der Waals surface area contributed by atoms with Gasteiger partial charge in [-0.05, 0) is 24.6 Å². The van der Waals surface area contributed by atoms with Gasteiger partial charge in [0.2, 0.25) is 0 Å². The Labute approximate surface area is 164 Å². The molecule has 1 aromatic heterocycles. The summed E-state index contributed by atoms with van der Waals surface area (Å²) in [6.45, 7) is 2.22. The third kappa shape index (κ3) is 4.35. The van der Waals surface area contributed by atoms with Gasteiger partial charge >= 0.3 is 0 Å². The van der Waals surface area contributed by atoms with Gasteiger partial charge < -0.3 is 15.2 Å². The Morgan fingerprint density at radius 3 is 2.89 bits per heavy atom. The third-order valence-corrected chi connectivity index (χ3v) is 4.49. The predicted molar refractivity (Wildman–Crippen MR) is 104 cm³/mol. The smallest absolute Gasteiger partial charge is 0.258 e. The standard InChI is InChI=1S/C18H17F2N5O2S/c1-2-8-25(27)28-24-14-7-6-13(19)17(15(14)20)23-18(26)12-5-3-4-11-9-21-10-22-16(11)12/h3-7,9-10,24,27H,2,8H2,1H3,(H,23,26). The van der Waals surface area contributed by atoms with E-state index in [9.17, 15) is 18.8 Å². The van der Waals surface area contributed by atoms with Gasteiger partial charge in [-0.15, -0.1) is 4.47 Å². The van der Waals surface area contributed by atoms with Crippen molar-refractivity contribution in [3.8, 4) is 0 Å². The minimum Gasteiger partial charge on any atom is -0.317 e. The number of nitrogens with zero attached hydrogens (tertiary/aromatic N) is 3. The van der Waals surface area contributed by atoms with Crippen LogP contribution in [0.3, 0.4) is 0 Å². The second kappa shape index (κ2) is 8.91. The molecule has 1 heterocycles. The van der Waals surface area contributed by atoms with E-state index in [0.717, 1.165) is 22.7 Å². The summed E-state index contributed by atoms with van der Waals surface area (Å²) in [5.74, 6) is -2.62. The number of carbonyl (C=O) groups is 1. The molecule has 0 atom stereocenters. The van der Waals surface area contributed by atoms with Crippen LogP contribution in [0.4, 0.5) is 20.2 Å². The summed E-state index contributed by atoms with van der Waals surface area (Å²) in [4.78, 5) is 20.6. The summed E-state index contributed by atoms with van der Waals surface area (Å²) in [5.41, 5.74) is -0.147. The molecule has 0 spiro atoms. The molecule has 0 aliphatic heterocycles. The molecule has 7 nitrogen and oxygen atoms in total. The molecule has 0 saturated carbocycles. The van der Waals surface area contributed by atoms with Crippen LogP contribution >= 0.6 is 12.1 Å². The Morgan fingerprint density at radius 1 is 1.29 bits per heavy atom. The summed E-state index contributed by atoms with van der Waals surface area (Å²) in [6, 6.07) is 7.07. The van der Waals surface area contributed by atoms with Gasteiger partial charge in [0.15, 0.2) is 5.82 Å². The van der Waals surface area contributed by atoms with E-state index < -0.39 is 23.2 Å². The van der Waals surface area contributed by atoms with Crippen molar-refractivity contribution >= 4 is 40.3 Å². The second-order valence-electron chi connectivity index (χ2n) is 5.77. The molecule has 3 rings (SSSR count). The lowest BCUT2D eigenvalue weighted by atomic mass is 10.1. The summed E-state index contributed by atoms with van der Waals surface area (Å²) < 4.78 is 32.3. The number of carbonyl (C=O) groups excluding carboxylic acids is 1. The van der Waals surface area contributed by atoms with Crippen LogP contribution in [0.2, 0.25) is 0 Å². The molecule has 146 valence electrons. The second-order valence-corrected chi connectivity index (χ2v) is 6.58. The van der Waals surface area contributed by atoms with Gasteiger partial charge in [0.1, 0.15) is 17.8 Å². The topological polar surface area (TPSA) is 90.4 Å². The maximum absolute atomic E-state index is 14.7. The highest BCUT2D eigenvalue weighted by molar-refractivity contribution is 7.98. The van der Waals surface area contributed by atoms with E-state index in [2.05, 4.69) is 20.0 Å². The molecule has 0 bridgehead atoms. The number of hydroxylamine groups is 1. The monoisotopic (exact) mass is 405 g/mol. The summed E-state index contributed by atoms with van der Waals surface area (Å²) in [6.07, 6.45) is 3.52. The van der Waals surface area contributed by atoms with Gasteiger partial charge in [-0.25, -0.2) is 18.7 Å². The van der Waals surface area contributed by atoms with E-state index in [1.54, 1.807) is 18.3 Å². The maximum Gasteiger partial charge on any atom is 0.258 e. The van der Waals surface area contributed by atoms with Crippen LogP contribution in [0.5, 0.6) is 0 Å². The van der Waals surface area contributed by atoms with Gasteiger partial charge in [-0.1, -0.05) is 19.1 Å². The van der Waals surface area contributed by atoms with Crippen molar-refractivity contribution in [2.75, 3.05) is 16.6 Å². The van der Waals surface area contributed by atoms with Crippen molar-refractivity contribution in [3.63, 3.8) is 0 Å². The molecule has 3 aromatic rings. The fourth-order valence-corrected chi connectivity index (χ4v) is 3.10. The number of hydrogen-bond acceptors (Lipinski definition) is 7. The first-order chi connectivity index (χ1) is 13.5. The van der Waals surface area contributed by atoms with Crippen LogP contribution < -0.4 is 10.0 Å². The van der Waals surface area contributed by atoms with Crippen molar-refractivity contribution in [1.29, 1.82) is 0 Å². The van der Waals surface area contributed by atoms with Crippen LogP contribution in [-0.2, 0) is 0 Å². The first-order valence-electron chi connectivity index (χ1n) is 8.38. The molecule has 2 aromatic carbocycles. The molecular weight excluding hydrogens is 388 g/mol. The number of benzene rings is 2. The Hall–Kier alpha value is -2.82. The normalized spacial score (nSPS) is 11.0. The number of halogens is 2. The number of rotatable bonds is 7. The number of hydrogen-bond donors (Lipinski definition) is 3. The molecule has 1 amide bonds. The van der Waals surface area contributed by atoms with Crippen molar-refractivity contribution < 1.29 is 18.8 Å². The van der Waals surface area contributed by atoms with E-state index in [4.69, 9.17) is 0 Å². The number of amides is 1. The number of aromatic nitrogens is 2. The molecule has 0 unspecified atom stereocenters. The first kappa shape index (κ1) is 19.9. The highest BCUT2D eigenvalue weighted by Crippen LogP contribution is 2.29. The number of anilines is 2. The molecule has 0 fully saturated rings. The van der Waals surface area contributed by atoms with Gasteiger partial charge in [0.25, 0.3) is 5.91 Å². The van der Waals surface area contributed by atoms with E-state index in [0.29, 0.717) is 23.9 Å². The zero-order valence-corrected chi connectivity index (χ0v) is 15.6. The zero-order valence-electron chi connectivity index (χ0n) is 14.8. The maximum atomic E-state index is 14.7. The van der Waals surface area contributed by atoms with E-state index in [1.807, 2.05) is 6.92 Å². The highest BCUT2D eigenvalue weighted by atomic mass is 32.2. The molecule has 3 N–H and O–H groups in total. The first-order valence-corrected chi connectivity index (χ1v) is 9.16. The fraction of sp³-hybridized carbons (Fsp3) is 0.167. The van der Waals surface area contributed by atoms with Crippen molar-refractivity contribution in [2.45, 2.75) is 13.3 Å². The fourth-order valence-electron chi connectivity index (χ4n) is 2.46. The average molecular weight is 405 g/mol. The number of nitrogens with one attached hydrogen (secondary N) is 2. The van der Waals surface area contributed by atoms with Crippen LogP contribution in [0, 0.1) is 11.6 Å². The van der Waals surface area contributed by atoms with E-state index in [1.165, 1.54) is 18.5 Å². The van der Waals surface area contributed by atoms with E-state index in [-0.39, 0.29) is 11.3 Å². The molecule has 0 aliphatic carbocycles. The minimum absolute atomic E-state index is 0.0860. The van der Waals surface area contributed by atoms with Crippen molar-refractivity contribution in [2.24, 2.45) is 0 Å². The predicted octanol–water partition coefficient (Wildman–Crippen LogP) is 4.24. The van der Waals surface area contributed by atoms with Gasteiger partial charge in [-0.2, -0.15) is 0 Å². The van der Waals surface area contributed by atoms with Crippen molar-refractivity contribution in [3.05, 3.63) is 60.1 Å². The molecule has 0 aliphatic rings. The molecule has 0 radical (unpaired) electrons. The summed E-state index contributed by atoms with van der Waals surface area (Å²) >= 11 is 0.747. The SMILES string of the molecule is CCCN(O)SNc1ccc(F)c(NC(=O)c2cccc3cncnc23)c1F. The summed E-state index contributed by atoms with van der Waals surface area (Å²) in [5, 5.41) is 12.5. The molecular formula is C18H17F2N5O2S. The van der Waals surface area contributed by atoms with Crippen LogP contribution in [0.25, 0.3) is 10.9 Å². The summed E-state index contributed by atoms with van der Waals surface area (Å²) in [7, 11) is 0. The Bertz CT molecular complexity index is 1000. The highest BCUT2D eigenvalue weighted by Gasteiger charge is 2.19. The number of para-hydroxylation sites is 1. The van der Waals surface area contributed by atoms with Crippen LogP contribution in [0.1, 0.15) is 23.7 Å². The Kier molecular flexibility index (Phi) is 6.34. The lowest BCUT2D eigenvalue weighted by Crippen LogP contribution is -2.17. The van der Waals surface area contributed by atoms with Crippen LogP contribution in [0.15, 0.2) is 42.9 Å². The van der Waals surface area contributed by atoms with E-state index >= 15 is 0 Å². The lowest BCUT2D eigenvalue weighted by molar-refractivity contribution is 0.0177. The lowest BCUT2D eigenvalue weighted by Gasteiger charge is -2.15. The van der Waals surface area contributed by atoms with Gasteiger partial charge in [0, 0.05) is 18.1 Å². The van der Waals surface area contributed by atoms with Crippen molar-refractivity contribution in [1.82, 2.24) is 14.4 Å². The number of fused-ring (bicyclic) bond motifs is 1. The molecule has 28 heavy (non-hydrogen) atoms. The Balaban J connectivity index is 1.85. The average Bonchev–Trinajstić information content (AvgIpc) is 2.70. The quantitative estimate of drug-likeness (QED) is 0.400. The Morgan fingerprint density at radius 2 is 2.11 bits per heavy atom. The van der Waals surface area contributed by atoms with Crippen LogP contribution in [-0.4, -0.2) is 32.1 Å². The molecule has 0 saturated heterocycles. The molecule has 10 heteroatoms. The van der Waals surface area contributed by atoms with Gasteiger partial charge in [-0.3, -0.25) is 4.79 Å². The largest absolute Gasteiger partial charge is 0.317 e. The van der Waals surface area contributed by atoms with Gasteiger partial charge in [0.05, 0.1) is 28.9 Å². The minimum atomic E-state index is -0.986. The zero-order chi connectivity index (χ0) is 20.1.